The normalized spacial score (nSPS) is 19.3. The quantitative estimate of drug-likeness (QED) is 0.662. The fourth-order valence-electron chi connectivity index (χ4n) is 3.90. The average Bonchev–Trinajstić information content (AvgIpc) is 3.28. The molecule has 1 fully saturated rings. The summed E-state index contributed by atoms with van der Waals surface area (Å²) in [5.41, 5.74) is 4.69. The molecule has 0 radical (unpaired) electrons. The summed E-state index contributed by atoms with van der Waals surface area (Å²) in [6, 6.07) is 19.0. The molecule has 1 aliphatic heterocycles. The summed E-state index contributed by atoms with van der Waals surface area (Å²) in [6.45, 7) is 5.25. The Morgan fingerprint density at radius 3 is 2.63 bits per heavy atom. The number of aromatic nitrogens is 2. The van der Waals surface area contributed by atoms with E-state index in [2.05, 4.69) is 82.3 Å². The first kappa shape index (κ1) is 17.7. The van der Waals surface area contributed by atoms with Crippen LogP contribution in [0.1, 0.15) is 42.4 Å². The van der Waals surface area contributed by atoms with Gasteiger partial charge in [0.1, 0.15) is 0 Å². The molecule has 2 atom stereocenters. The van der Waals surface area contributed by atoms with E-state index in [0.717, 1.165) is 23.8 Å². The first-order valence-electron chi connectivity index (χ1n) is 9.42. The lowest BCUT2D eigenvalue weighted by atomic mass is 10.0. The van der Waals surface area contributed by atoms with Crippen molar-refractivity contribution in [3.8, 4) is 5.69 Å². The van der Waals surface area contributed by atoms with Crippen molar-refractivity contribution in [2.24, 2.45) is 0 Å². The van der Waals surface area contributed by atoms with Gasteiger partial charge >= 0.3 is 0 Å². The van der Waals surface area contributed by atoms with Crippen molar-refractivity contribution in [3.63, 3.8) is 0 Å². The van der Waals surface area contributed by atoms with E-state index in [1.807, 2.05) is 18.3 Å². The number of thiocarbonyl (C=S) groups is 1. The maximum Gasteiger partial charge on any atom is 0.170 e. The molecule has 138 valence electrons. The fraction of sp³-hybridized carbons (Fsp3) is 0.273. The Kier molecular flexibility index (Phi) is 4.94. The predicted molar refractivity (Wildman–Crippen MR) is 113 cm³/mol. The van der Waals surface area contributed by atoms with E-state index in [4.69, 9.17) is 12.2 Å². The number of nitrogens with one attached hydrogen (secondary N) is 1. The largest absolute Gasteiger partial charge is 0.352 e. The van der Waals surface area contributed by atoms with Crippen LogP contribution in [-0.2, 0) is 0 Å². The van der Waals surface area contributed by atoms with Crippen molar-refractivity contribution < 1.29 is 0 Å². The second kappa shape index (κ2) is 7.53. The number of benzene rings is 1. The second-order valence-electron chi connectivity index (χ2n) is 6.91. The van der Waals surface area contributed by atoms with Crippen LogP contribution in [0.25, 0.3) is 5.69 Å². The Labute approximate surface area is 165 Å². The predicted octanol–water partition coefficient (Wildman–Crippen LogP) is 4.56. The van der Waals surface area contributed by atoms with E-state index in [1.165, 1.54) is 16.9 Å². The summed E-state index contributed by atoms with van der Waals surface area (Å²) < 4.78 is 2.29. The zero-order valence-corrected chi connectivity index (χ0v) is 16.5. The second-order valence-corrected chi connectivity index (χ2v) is 7.30. The van der Waals surface area contributed by atoms with E-state index < -0.39 is 0 Å². The molecule has 1 aromatic carbocycles. The summed E-state index contributed by atoms with van der Waals surface area (Å²) in [5.74, 6) is 0. The minimum Gasteiger partial charge on any atom is -0.352 e. The van der Waals surface area contributed by atoms with E-state index in [9.17, 15) is 0 Å². The Hall–Kier alpha value is -2.66. The van der Waals surface area contributed by atoms with Gasteiger partial charge in [-0.05, 0) is 61.5 Å². The lowest BCUT2D eigenvalue weighted by molar-refractivity contribution is 0.309. The van der Waals surface area contributed by atoms with Crippen molar-refractivity contribution in [3.05, 3.63) is 83.9 Å². The zero-order chi connectivity index (χ0) is 18.8. The molecule has 0 amide bonds. The molecule has 3 heterocycles. The SMILES string of the molecule is CCCN1C(=S)N[C@H](c2ccccn2)[C@H]1c1cccn1-c1ccccc1C. The number of nitrogens with zero attached hydrogens (tertiary/aromatic N) is 3. The van der Waals surface area contributed by atoms with E-state index in [1.54, 1.807) is 0 Å². The molecule has 3 aromatic rings. The van der Waals surface area contributed by atoms with Crippen molar-refractivity contribution >= 4 is 17.3 Å². The number of hydrogen-bond donors (Lipinski definition) is 1. The van der Waals surface area contributed by atoms with Gasteiger partial charge in [-0.1, -0.05) is 31.2 Å². The Morgan fingerprint density at radius 2 is 1.89 bits per heavy atom. The third kappa shape index (κ3) is 3.23. The first-order chi connectivity index (χ1) is 13.2. The van der Waals surface area contributed by atoms with Gasteiger partial charge in [-0.15, -0.1) is 0 Å². The highest BCUT2D eigenvalue weighted by atomic mass is 32.1. The first-order valence-corrected chi connectivity index (χ1v) is 9.83. The number of rotatable bonds is 5. The Bertz CT molecular complexity index is 934. The van der Waals surface area contributed by atoms with Crippen LogP contribution in [0.15, 0.2) is 67.0 Å². The van der Waals surface area contributed by atoms with Gasteiger partial charge in [0, 0.05) is 30.3 Å². The maximum absolute atomic E-state index is 5.70. The molecule has 4 nitrogen and oxygen atoms in total. The summed E-state index contributed by atoms with van der Waals surface area (Å²) in [5, 5.41) is 4.32. The molecule has 0 unspecified atom stereocenters. The fourth-order valence-corrected chi connectivity index (χ4v) is 4.23. The molecular formula is C22H24N4S. The summed E-state index contributed by atoms with van der Waals surface area (Å²) in [7, 11) is 0. The van der Waals surface area contributed by atoms with Gasteiger partial charge in [-0.2, -0.15) is 0 Å². The third-order valence-corrected chi connectivity index (χ3v) is 5.47. The standard InChI is InChI=1S/C22H24N4S/c1-3-14-26-21(20(24-22(26)27)17-10-6-7-13-23-17)19-12-8-15-25(19)18-11-5-4-9-16(18)2/h4-13,15,20-21H,3,14H2,1-2H3,(H,24,27)/t20-,21-/m1/s1. The maximum atomic E-state index is 5.70. The Morgan fingerprint density at radius 1 is 1.07 bits per heavy atom. The van der Waals surface area contributed by atoms with Crippen molar-refractivity contribution in [2.75, 3.05) is 6.54 Å². The number of pyridine rings is 1. The number of hydrogen-bond acceptors (Lipinski definition) is 2. The smallest absolute Gasteiger partial charge is 0.170 e. The summed E-state index contributed by atoms with van der Waals surface area (Å²) >= 11 is 5.70. The number of para-hydroxylation sites is 1. The minimum atomic E-state index is 0.0305. The third-order valence-electron chi connectivity index (χ3n) is 5.12. The molecule has 5 heteroatoms. The lowest BCUT2D eigenvalue weighted by Crippen LogP contribution is -2.31. The number of aryl methyl sites for hydroxylation is 1. The summed E-state index contributed by atoms with van der Waals surface area (Å²) in [4.78, 5) is 6.92. The molecule has 4 rings (SSSR count). The van der Waals surface area contributed by atoms with Crippen molar-refractivity contribution in [1.82, 2.24) is 19.8 Å². The molecule has 0 bridgehead atoms. The van der Waals surface area contributed by atoms with Crippen LogP contribution < -0.4 is 5.32 Å². The topological polar surface area (TPSA) is 33.1 Å². The van der Waals surface area contributed by atoms with Gasteiger partial charge in [0.15, 0.2) is 5.11 Å². The highest BCUT2D eigenvalue weighted by Gasteiger charge is 2.40. The van der Waals surface area contributed by atoms with Crippen LogP contribution in [0, 0.1) is 6.92 Å². The Balaban J connectivity index is 1.83. The van der Waals surface area contributed by atoms with Crippen LogP contribution in [0.3, 0.4) is 0 Å². The highest BCUT2D eigenvalue weighted by Crippen LogP contribution is 2.39. The molecular weight excluding hydrogens is 352 g/mol. The zero-order valence-electron chi connectivity index (χ0n) is 15.7. The van der Waals surface area contributed by atoms with Crippen LogP contribution in [0.2, 0.25) is 0 Å². The molecule has 27 heavy (non-hydrogen) atoms. The summed E-state index contributed by atoms with van der Waals surface area (Å²) in [6.07, 6.45) is 5.02. The highest BCUT2D eigenvalue weighted by molar-refractivity contribution is 7.80. The van der Waals surface area contributed by atoms with E-state index in [0.29, 0.717) is 0 Å². The van der Waals surface area contributed by atoms with E-state index >= 15 is 0 Å². The molecule has 1 saturated heterocycles. The van der Waals surface area contributed by atoms with Crippen LogP contribution >= 0.6 is 12.2 Å². The van der Waals surface area contributed by atoms with Crippen LogP contribution in [0.5, 0.6) is 0 Å². The van der Waals surface area contributed by atoms with Crippen LogP contribution in [0.4, 0.5) is 0 Å². The van der Waals surface area contributed by atoms with Crippen molar-refractivity contribution in [2.45, 2.75) is 32.4 Å². The molecule has 1 N–H and O–H groups in total. The van der Waals surface area contributed by atoms with Crippen LogP contribution in [-0.4, -0.2) is 26.1 Å². The van der Waals surface area contributed by atoms with E-state index in [-0.39, 0.29) is 12.1 Å². The van der Waals surface area contributed by atoms with Gasteiger partial charge in [0.2, 0.25) is 0 Å². The molecule has 0 aliphatic carbocycles. The molecule has 0 spiro atoms. The molecule has 1 aliphatic rings. The van der Waals surface area contributed by atoms with Gasteiger partial charge in [-0.3, -0.25) is 4.98 Å². The molecule has 0 saturated carbocycles. The molecule has 2 aromatic heterocycles. The lowest BCUT2D eigenvalue weighted by Gasteiger charge is -2.29. The monoisotopic (exact) mass is 376 g/mol. The van der Waals surface area contributed by atoms with Gasteiger partial charge in [0.25, 0.3) is 0 Å². The van der Waals surface area contributed by atoms with Gasteiger partial charge in [0.05, 0.1) is 17.8 Å². The van der Waals surface area contributed by atoms with Gasteiger partial charge < -0.3 is 14.8 Å². The average molecular weight is 377 g/mol. The minimum absolute atomic E-state index is 0.0305. The van der Waals surface area contributed by atoms with Gasteiger partial charge in [-0.25, -0.2) is 0 Å². The van der Waals surface area contributed by atoms with Crippen molar-refractivity contribution in [1.29, 1.82) is 0 Å².